The van der Waals surface area contributed by atoms with Gasteiger partial charge < -0.3 is 14.8 Å². The Balaban J connectivity index is 1.98. The van der Waals surface area contributed by atoms with Crippen molar-refractivity contribution in [3.05, 3.63) is 41.1 Å². The number of fused-ring (bicyclic) bond motifs is 1. The van der Waals surface area contributed by atoms with E-state index in [1.165, 1.54) is 0 Å². The molecule has 0 saturated carbocycles. The van der Waals surface area contributed by atoms with Crippen molar-refractivity contribution in [3.8, 4) is 5.75 Å². The zero-order valence-corrected chi connectivity index (χ0v) is 18.2. The number of benzene rings is 1. The van der Waals surface area contributed by atoms with Gasteiger partial charge >= 0.3 is 5.97 Å². The number of hydrogen-bond donors (Lipinski definition) is 1. The third kappa shape index (κ3) is 4.75. The Labute approximate surface area is 175 Å². The van der Waals surface area contributed by atoms with Gasteiger partial charge in [-0.3, -0.25) is 0 Å². The van der Waals surface area contributed by atoms with E-state index >= 15 is 0 Å². The highest BCUT2D eigenvalue weighted by molar-refractivity contribution is 7.99. The Bertz CT molecular complexity index is 877. The lowest BCUT2D eigenvalue weighted by molar-refractivity contribution is -0.139. The van der Waals surface area contributed by atoms with Gasteiger partial charge in [0.25, 0.3) is 0 Å². The molecule has 1 unspecified atom stereocenters. The van der Waals surface area contributed by atoms with Crippen LogP contribution < -0.4 is 10.1 Å². The fourth-order valence-electron chi connectivity index (χ4n) is 3.18. The van der Waals surface area contributed by atoms with Gasteiger partial charge in [0, 0.05) is 5.70 Å². The average molecular weight is 417 g/mol. The molecule has 7 nitrogen and oxygen atoms in total. The van der Waals surface area contributed by atoms with E-state index in [1.54, 1.807) is 23.4 Å². The van der Waals surface area contributed by atoms with E-state index in [1.807, 2.05) is 31.2 Å². The zero-order valence-electron chi connectivity index (χ0n) is 17.4. The monoisotopic (exact) mass is 416 g/mol. The van der Waals surface area contributed by atoms with Crippen LogP contribution in [0.25, 0.3) is 0 Å². The second-order valence-corrected chi connectivity index (χ2v) is 7.88. The first kappa shape index (κ1) is 21.2. The Hall–Kier alpha value is -2.48. The number of allylic oxidation sites excluding steroid dienone is 1. The van der Waals surface area contributed by atoms with E-state index in [0.29, 0.717) is 29.9 Å². The Morgan fingerprint density at radius 1 is 1.24 bits per heavy atom. The van der Waals surface area contributed by atoms with Gasteiger partial charge in [-0.25, -0.2) is 9.48 Å². The van der Waals surface area contributed by atoms with Crippen molar-refractivity contribution < 1.29 is 14.3 Å². The van der Waals surface area contributed by atoms with Crippen LogP contribution in [0.1, 0.15) is 52.1 Å². The number of hydrogen-bond acceptors (Lipinski definition) is 7. The van der Waals surface area contributed by atoms with Crippen LogP contribution in [0.4, 0.5) is 5.95 Å². The highest BCUT2D eigenvalue weighted by Gasteiger charge is 2.35. The second kappa shape index (κ2) is 9.82. The third-order valence-corrected chi connectivity index (χ3v) is 5.28. The predicted octanol–water partition coefficient (Wildman–Crippen LogP) is 4.42. The average Bonchev–Trinajstić information content (AvgIpc) is 3.10. The number of thioether (sulfide) groups is 1. The van der Waals surface area contributed by atoms with Crippen LogP contribution >= 0.6 is 11.8 Å². The summed E-state index contributed by atoms with van der Waals surface area (Å²) in [5.74, 6) is 1.96. The largest absolute Gasteiger partial charge is 0.494 e. The van der Waals surface area contributed by atoms with Gasteiger partial charge in [-0.05, 0) is 43.7 Å². The molecule has 1 aliphatic rings. The van der Waals surface area contributed by atoms with Crippen molar-refractivity contribution in [1.29, 1.82) is 0 Å². The maximum atomic E-state index is 12.8. The number of carbonyl (C=O) groups excluding carboxylic acids is 1. The summed E-state index contributed by atoms with van der Waals surface area (Å²) in [4.78, 5) is 17.3. The van der Waals surface area contributed by atoms with Gasteiger partial charge in [0.2, 0.25) is 11.1 Å². The summed E-state index contributed by atoms with van der Waals surface area (Å²) < 4.78 is 12.9. The zero-order chi connectivity index (χ0) is 20.8. The van der Waals surface area contributed by atoms with Crippen LogP contribution in [0.3, 0.4) is 0 Å². The Morgan fingerprint density at radius 2 is 2.00 bits per heavy atom. The lowest BCUT2D eigenvalue weighted by atomic mass is 9.96. The quantitative estimate of drug-likeness (QED) is 0.368. The number of nitrogens with one attached hydrogen (secondary N) is 1. The van der Waals surface area contributed by atoms with Crippen molar-refractivity contribution in [2.24, 2.45) is 0 Å². The molecule has 0 spiro atoms. The molecular weight excluding hydrogens is 388 g/mol. The molecule has 29 heavy (non-hydrogen) atoms. The number of unbranched alkanes of at least 4 members (excludes halogenated alkanes) is 1. The smallest absolute Gasteiger partial charge is 0.338 e. The standard InChI is InChI=1S/C21H28N4O3S/c1-5-8-13-28-16-11-9-15(10-12-16)18-17(19(26)27-6-2)14(4)22-20-23-21(29-7-3)24-25(18)20/h9-12,18H,5-8,13H2,1-4H3,(H,22,23,24). The lowest BCUT2D eigenvalue weighted by Gasteiger charge is -2.28. The number of carbonyl (C=O) groups is 1. The summed E-state index contributed by atoms with van der Waals surface area (Å²) in [7, 11) is 0. The van der Waals surface area contributed by atoms with Crippen molar-refractivity contribution in [3.63, 3.8) is 0 Å². The molecule has 156 valence electrons. The molecule has 1 aliphatic heterocycles. The summed E-state index contributed by atoms with van der Waals surface area (Å²) in [6.45, 7) is 8.87. The SMILES string of the molecule is CCCCOc1ccc(C2C(C(=O)OCC)=C(C)Nc3nc(SCC)nn32)cc1. The molecule has 0 bridgehead atoms. The van der Waals surface area contributed by atoms with Crippen molar-refractivity contribution in [1.82, 2.24) is 14.8 Å². The minimum atomic E-state index is -0.409. The van der Waals surface area contributed by atoms with Crippen LogP contribution in [0, 0.1) is 0 Å². The fourth-order valence-corrected chi connectivity index (χ4v) is 3.74. The minimum absolute atomic E-state index is 0.313. The number of esters is 1. The number of anilines is 1. The predicted molar refractivity (Wildman–Crippen MR) is 114 cm³/mol. The summed E-state index contributed by atoms with van der Waals surface area (Å²) in [5.41, 5.74) is 2.19. The van der Waals surface area contributed by atoms with Crippen LogP contribution in [0.5, 0.6) is 5.75 Å². The van der Waals surface area contributed by atoms with E-state index in [9.17, 15) is 4.79 Å². The molecular formula is C21H28N4O3S. The van der Waals surface area contributed by atoms with Crippen molar-refractivity contribution in [2.45, 2.75) is 51.7 Å². The first-order valence-corrected chi connectivity index (χ1v) is 11.0. The maximum absolute atomic E-state index is 12.8. The van der Waals surface area contributed by atoms with Crippen LogP contribution in [0.2, 0.25) is 0 Å². The highest BCUT2D eigenvalue weighted by atomic mass is 32.2. The minimum Gasteiger partial charge on any atom is -0.494 e. The van der Waals surface area contributed by atoms with Crippen LogP contribution in [-0.4, -0.2) is 39.7 Å². The highest BCUT2D eigenvalue weighted by Crippen LogP contribution is 2.37. The second-order valence-electron chi connectivity index (χ2n) is 6.65. The number of rotatable bonds is 9. The molecule has 3 rings (SSSR count). The normalized spacial score (nSPS) is 15.7. The van der Waals surface area contributed by atoms with Crippen LogP contribution in [-0.2, 0) is 9.53 Å². The fraction of sp³-hybridized carbons (Fsp3) is 0.476. The number of ether oxygens (including phenoxy) is 2. The number of aromatic nitrogens is 3. The Kier molecular flexibility index (Phi) is 7.19. The molecule has 0 fully saturated rings. The molecule has 1 aromatic heterocycles. The summed E-state index contributed by atoms with van der Waals surface area (Å²) in [6, 6.07) is 7.41. The van der Waals surface area contributed by atoms with E-state index in [4.69, 9.17) is 9.47 Å². The molecule has 1 N–H and O–H groups in total. The molecule has 8 heteroatoms. The molecule has 0 aliphatic carbocycles. The van der Waals surface area contributed by atoms with Gasteiger partial charge in [0.05, 0.1) is 18.8 Å². The lowest BCUT2D eigenvalue weighted by Crippen LogP contribution is -2.29. The summed E-state index contributed by atoms with van der Waals surface area (Å²) in [5, 5.41) is 8.52. The topological polar surface area (TPSA) is 78.3 Å². The first-order valence-electron chi connectivity index (χ1n) is 10.1. The summed E-state index contributed by atoms with van der Waals surface area (Å²) in [6.07, 6.45) is 2.11. The molecule has 2 aromatic rings. The molecule has 1 aromatic carbocycles. The third-order valence-electron chi connectivity index (χ3n) is 4.56. The first-order chi connectivity index (χ1) is 14.1. The van der Waals surface area contributed by atoms with Crippen LogP contribution in [0.15, 0.2) is 40.7 Å². The van der Waals surface area contributed by atoms with E-state index in [2.05, 4.69) is 29.2 Å². The summed E-state index contributed by atoms with van der Waals surface area (Å²) >= 11 is 1.56. The molecule has 0 amide bonds. The van der Waals surface area contributed by atoms with Crippen molar-refractivity contribution in [2.75, 3.05) is 24.3 Å². The van der Waals surface area contributed by atoms with Crippen molar-refractivity contribution >= 4 is 23.7 Å². The maximum Gasteiger partial charge on any atom is 0.338 e. The van der Waals surface area contributed by atoms with E-state index in [0.717, 1.165) is 35.6 Å². The number of nitrogens with zero attached hydrogens (tertiary/aromatic N) is 3. The Morgan fingerprint density at radius 3 is 2.66 bits per heavy atom. The van der Waals surface area contributed by atoms with E-state index in [-0.39, 0.29) is 5.97 Å². The molecule has 2 heterocycles. The molecule has 0 radical (unpaired) electrons. The van der Waals surface area contributed by atoms with Gasteiger partial charge in [-0.15, -0.1) is 5.10 Å². The molecule has 1 atom stereocenters. The van der Waals surface area contributed by atoms with Gasteiger partial charge in [0.15, 0.2) is 0 Å². The van der Waals surface area contributed by atoms with Gasteiger partial charge in [-0.2, -0.15) is 4.98 Å². The van der Waals surface area contributed by atoms with E-state index < -0.39 is 6.04 Å². The van der Waals surface area contributed by atoms with Gasteiger partial charge in [-0.1, -0.05) is 44.2 Å². The molecule has 0 saturated heterocycles. The van der Waals surface area contributed by atoms with Gasteiger partial charge in [0.1, 0.15) is 11.8 Å².